The van der Waals surface area contributed by atoms with Crippen molar-refractivity contribution < 1.29 is 4.79 Å². The minimum absolute atomic E-state index is 0.434. The zero-order chi connectivity index (χ0) is 13.0. The van der Waals surface area contributed by atoms with Crippen LogP contribution < -0.4 is 16.8 Å². The number of nitrogen functional groups attached to an aromatic ring is 1. The number of primary amides is 1. The number of nitrogens with one attached hydrogen (secondary N) is 2. The summed E-state index contributed by atoms with van der Waals surface area (Å²) in [5, 5.41) is 3.13. The number of aromatic nitrogens is 2. The molecule has 2 rings (SSSR count). The van der Waals surface area contributed by atoms with Crippen molar-refractivity contribution in [2.75, 3.05) is 17.6 Å². The predicted octanol–water partition coefficient (Wildman–Crippen LogP) is 0.745. The lowest BCUT2D eigenvalue weighted by Gasteiger charge is -2.10. The molecule has 0 aliphatic carbocycles. The van der Waals surface area contributed by atoms with Gasteiger partial charge in [0.2, 0.25) is 0 Å². The highest BCUT2D eigenvalue weighted by Gasteiger charge is 2.08. The quantitative estimate of drug-likeness (QED) is 0.582. The molecule has 1 aromatic heterocycles. The van der Waals surface area contributed by atoms with Gasteiger partial charge in [-0.15, -0.1) is 0 Å². The van der Waals surface area contributed by atoms with Gasteiger partial charge in [-0.2, -0.15) is 0 Å². The van der Waals surface area contributed by atoms with E-state index in [2.05, 4.69) is 15.3 Å². The van der Waals surface area contributed by atoms with Crippen LogP contribution in [0.2, 0.25) is 0 Å². The van der Waals surface area contributed by atoms with Crippen molar-refractivity contribution in [1.82, 2.24) is 9.97 Å². The zero-order valence-corrected chi connectivity index (χ0v) is 9.81. The molecule has 0 aliphatic rings. The Kier molecular flexibility index (Phi) is 3.47. The number of carbonyl (C=O) groups excluding carboxylic acids is 1. The van der Waals surface area contributed by atoms with Gasteiger partial charge in [0.25, 0.3) is 5.91 Å². The van der Waals surface area contributed by atoms with E-state index in [1.165, 1.54) is 0 Å². The maximum Gasteiger partial charge on any atom is 0.250 e. The summed E-state index contributed by atoms with van der Waals surface area (Å²) < 4.78 is 0. The largest absolute Gasteiger partial charge is 0.399 e. The van der Waals surface area contributed by atoms with Crippen molar-refractivity contribution in [2.24, 2.45) is 5.73 Å². The Hall–Kier alpha value is -2.50. The van der Waals surface area contributed by atoms with Gasteiger partial charge in [-0.3, -0.25) is 4.79 Å². The Morgan fingerprint density at radius 3 is 2.94 bits per heavy atom. The average molecular weight is 245 g/mol. The van der Waals surface area contributed by atoms with Crippen LogP contribution in [0.4, 0.5) is 11.4 Å². The fourth-order valence-corrected chi connectivity index (χ4v) is 1.67. The lowest BCUT2D eigenvalue weighted by molar-refractivity contribution is 0.100. The number of anilines is 2. The van der Waals surface area contributed by atoms with Gasteiger partial charge >= 0.3 is 0 Å². The van der Waals surface area contributed by atoms with Gasteiger partial charge < -0.3 is 21.8 Å². The highest BCUT2D eigenvalue weighted by Crippen LogP contribution is 2.18. The van der Waals surface area contributed by atoms with Crippen LogP contribution in [0.25, 0.3) is 0 Å². The molecule has 0 bridgehead atoms. The molecule has 2 aromatic rings. The summed E-state index contributed by atoms with van der Waals surface area (Å²) in [4.78, 5) is 18.4. The van der Waals surface area contributed by atoms with Crippen LogP contribution in [0.3, 0.4) is 0 Å². The fourth-order valence-electron chi connectivity index (χ4n) is 1.67. The normalized spacial score (nSPS) is 10.2. The average Bonchev–Trinajstić information content (AvgIpc) is 2.82. The molecule has 0 saturated carbocycles. The van der Waals surface area contributed by atoms with Crippen molar-refractivity contribution in [2.45, 2.75) is 6.42 Å². The monoisotopic (exact) mass is 245 g/mol. The molecule has 94 valence electrons. The first-order chi connectivity index (χ1) is 8.66. The Morgan fingerprint density at radius 2 is 2.28 bits per heavy atom. The summed E-state index contributed by atoms with van der Waals surface area (Å²) in [6.07, 6.45) is 4.19. The highest BCUT2D eigenvalue weighted by molar-refractivity contribution is 5.99. The molecule has 1 amide bonds. The number of nitrogens with two attached hydrogens (primary N) is 2. The standard InChI is InChI=1S/C12H15N5O/c13-8-1-2-9(12(14)18)10(7-8)15-4-3-11-16-5-6-17-11/h1-2,5-7,15H,3-4,13H2,(H2,14,18)(H,16,17). The van der Waals surface area contributed by atoms with E-state index in [-0.39, 0.29) is 0 Å². The van der Waals surface area contributed by atoms with Gasteiger partial charge in [0.15, 0.2) is 0 Å². The molecule has 6 N–H and O–H groups in total. The number of aromatic amines is 1. The number of imidazole rings is 1. The van der Waals surface area contributed by atoms with E-state index in [4.69, 9.17) is 11.5 Å². The van der Waals surface area contributed by atoms with Crippen molar-refractivity contribution in [3.63, 3.8) is 0 Å². The van der Waals surface area contributed by atoms with E-state index in [1.54, 1.807) is 30.6 Å². The molecule has 0 atom stereocenters. The van der Waals surface area contributed by atoms with Crippen LogP contribution >= 0.6 is 0 Å². The van der Waals surface area contributed by atoms with Crippen molar-refractivity contribution in [3.05, 3.63) is 42.0 Å². The van der Waals surface area contributed by atoms with Gasteiger partial charge in [-0.1, -0.05) is 0 Å². The fraction of sp³-hybridized carbons (Fsp3) is 0.167. The smallest absolute Gasteiger partial charge is 0.250 e. The molecular weight excluding hydrogens is 230 g/mol. The summed E-state index contributed by atoms with van der Waals surface area (Å²) in [5.74, 6) is 0.405. The topological polar surface area (TPSA) is 110 Å². The molecule has 0 radical (unpaired) electrons. The van der Waals surface area contributed by atoms with E-state index >= 15 is 0 Å². The molecule has 0 spiro atoms. The van der Waals surface area contributed by atoms with Crippen LogP contribution in [0, 0.1) is 0 Å². The lowest BCUT2D eigenvalue weighted by atomic mass is 10.1. The molecule has 0 unspecified atom stereocenters. The van der Waals surface area contributed by atoms with Crippen LogP contribution in [-0.4, -0.2) is 22.4 Å². The Labute approximate surface area is 104 Å². The van der Waals surface area contributed by atoms with E-state index in [9.17, 15) is 4.79 Å². The van der Waals surface area contributed by atoms with Gasteiger partial charge in [0.1, 0.15) is 5.82 Å². The summed E-state index contributed by atoms with van der Waals surface area (Å²) in [7, 11) is 0. The molecule has 6 nitrogen and oxygen atoms in total. The van der Waals surface area contributed by atoms with Crippen molar-refractivity contribution in [3.8, 4) is 0 Å². The van der Waals surface area contributed by atoms with Gasteiger partial charge in [0.05, 0.1) is 5.56 Å². The number of nitrogens with zero attached hydrogens (tertiary/aromatic N) is 1. The van der Waals surface area contributed by atoms with E-state index in [0.29, 0.717) is 23.5 Å². The van der Waals surface area contributed by atoms with E-state index in [0.717, 1.165) is 12.2 Å². The minimum Gasteiger partial charge on any atom is -0.399 e. The van der Waals surface area contributed by atoms with E-state index < -0.39 is 5.91 Å². The number of benzene rings is 1. The number of rotatable bonds is 5. The molecule has 1 aromatic carbocycles. The van der Waals surface area contributed by atoms with Crippen molar-refractivity contribution >= 4 is 17.3 Å². The van der Waals surface area contributed by atoms with Gasteiger partial charge in [-0.25, -0.2) is 4.98 Å². The molecule has 6 heteroatoms. The lowest BCUT2D eigenvalue weighted by Crippen LogP contribution is -2.16. The molecule has 0 saturated heterocycles. The molecular formula is C12H15N5O. The van der Waals surface area contributed by atoms with Crippen LogP contribution in [0.5, 0.6) is 0 Å². The number of hydrogen-bond donors (Lipinski definition) is 4. The summed E-state index contributed by atoms with van der Waals surface area (Å²) >= 11 is 0. The predicted molar refractivity (Wildman–Crippen MR) is 70.2 cm³/mol. The van der Waals surface area contributed by atoms with Crippen LogP contribution in [0.15, 0.2) is 30.6 Å². The van der Waals surface area contributed by atoms with Gasteiger partial charge in [-0.05, 0) is 18.2 Å². The third kappa shape index (κ3) is 2.79. The SMILES string of the molecule is NC(=O)c1ccc(N)cc1NCCc1ncc[nH]1. The molecule has 18 heavy (non-hydrogen) atoms. The third-order valence-electron chi connectivity index (χ3n) is 2.54. The second kappa shape index (κ2) is 5.22. The third-order valence-corrected chi connectivity index (χ3v) is 2.54. The zero-order valence-electron chi connectivity index (χ0n) is 9.81. The molecule has 0 fully saturated rings. The maximum atomic E-state index is 11.2. The van der Waals surface area contributed by atoms with Crippen LogP contribution in [-0.2, 0) is 6.42 Å². The Bertz CT molecular complexity index is 535. The summed E-state index contributed by atoms with van der Waals surface area (Å²) in [6.45, 7) is 0.636. The van der Waals surface area contributed by atoms with Crippen LogP contribution in [0.1, 0.15) is 16.2 Å². The maximum absolute atomic E-state index is 11.2. The van der Waals surface area contributed by atoms with Crippen molar-refractivity contribution in [1.29, 1.82) is 0 Å². The summed E-state index contributed by atoms with van der Waals surface area (Å²) in [5.41, 5.74) is 12.6. The van der Waals surface area contributed by atoms with Gasteiger partial charge in [0, 0.05) is 36.7 Å². The number of carbonyl (C=O) groups is 1. The highest BCUT2D eigenvalue weighted by atomic mass is 16.1. The summed E-state index contributed by atoms with van der Waals surface area (Å²) in [6, 6.07) is 4.97. The Morgan fingerprint density at radius 1 is 1.44 bits per heavy atom. The first-order valence-corrected chi connectivity index (χ1v) is 5.58. The Balaban J connectivity index is 2.03. The number of amides is 1. The second-order valence-electron chi connectivity index (χ2n) is 3.88. The first kappa shape index (κ1) is 12.0. The molecule has 1 heterocycles. The minimum atomic E-state index is -0.476. The number of hydrogen-bond acceptors (Lipinski definition) is 4. The number of H-pyrrole nitrogens is 1. The second-order valence-corrected chi connectivity index (χ2v) is 3.88. The van der Waals surface area contributed by atoms with E-state index in [1.807, 2.05) is 0 Å². The molecule has 0 aliphatic heterocycles. The first-order valence-electron chi connectivity index (χ1n) is 5.58.